The van der Waals surface area contributed by atoms with Gasteiger partial charge in [0.05, 0.1) is 0 Å². The van der Waals surface area contributed by atoms with Crippen molar-refractivity contribution in [3.63, 3.8) is 0 Å². The first-order valence-electron chi connectivity index (χ1n) is 6.59. The first-order valence-corrected chi connectivity index (χ1v) is 6.59. The monoisotopic (exact) mass is 286 g/mol. The van der Waals surface area contributed by atoms with Gasteiger partial charge >= 0.3 is 0 Å². The maximum absolute atomic E-state index is 9.68. The Balaban J connectivity index is 5.27. The van der Waals surface area contributed by atoms with E-state index in [1.807, 2.05) is 6.92 Å². The lowest BCUT2D eigenvalue weighted by Gasteiger charge is -2.09. The van der Waals surface area contributed by atoms with Crippen LogP contribution in [0.15, 0.2) is 87.2 Å². The molecule has 0 spiro atoms. The zero-order valence-electron chi connectivity index (χ0n) is 12.5. The van der Waals surface area contributed by atoms with E-state index in [0.717, 1.165) is 12.8 Å². The van der Waals surface area contributed by atoms with Crippen LogP contribution in [0.2, 0.25) is 0 Å². The second-order valence-corrected chi connectivity index (χ2v) is 3.90. The van der Waals surface area contributed by atoms with Gasteiger partial charge in [-0.25, -0.2) is 0 Å². The minimum absolute atomic E-state index is 0.0440. The van der Waals surface area contributed by atoms with Crippen molar-refractivity contribution < 1.29 is 10.8 Å². The summed E-state index contributed by atoms with van der Waals surface area (Å²) >= 11 is 0. The predicted octanol–water partition coefficient (Wildman–Crippen LogP) is 1.96. The van der Waals surface area contributed by atoms with E-state index >= 15 is 0 Å². The zero-order valence-corrected chi connectivity index (χ0v) is 12.5. The molecule has 106 valence electrons. The minimum atomic E-state index is -0.633. The van der Waals surface area contributed by atoms with Gasteiger partial charge in [-0.1, -0.05) is 24.8 Å². The van der Waals surface area contributed by atoms with Crippen molar-refractivity contribution in [2.45, 2.75) is 31.9 Å². The normalized spacial score (nSPS) is 9.23. The van der Waals surface area contributed by atoms with Crippen LogP contribution in [0.4, 0.5) is 0 Å². The zero-order chi connectivity index (χ0) is 16.5. The average Bonchev–Trinajstić information content (AvgIpc) is 2.51. The van der Waals surface area contributed by atoms with E-state index in [2.05, 4.69) is 86.8 Å². The Morgan fingerprint density at radius 3 is 1.82 bits per heavy atom. The van der Waals surface area contributed by atoms with Gasteiger partial charge in [0.15, 0.2) is 0 Å². The SMILES string of the molecule is C=C=C=C=C=C=C=C=C=C=C=C=C=C=C[C@H](O)[C@@H]([NH3+])CCC. The van der Waals surface area contributed by atoms with Crippen LogP contribution >= 0.6 is 0 Å². The molecule has 0 saturated heterocycles. The van der Waals surface area contributed by atoms with Gasteiger partial charge in [-0.05, 0) is 69.6 Å². The molecular formula is C20H16NO+. The molecule has 0 aliphatic heterocycles. The Kier molecular flexibility index (Phi) is 12.1. The van der Waals surface area contributed by atoms with Gasteiger partial charge in [0, 0.05) is 12.5 Å². The Hall–Kier alpha value is -3.20. The third-order valence-electron chi connectivity index (χ3n) is 2.18. The van der Waals surface area contributed by atoms with Crippen LogP contribution in [0.3, 0.4) is 0 Å². The summed E-state index contributed by atoms with van der Waals surface area (Å²) < 4.78 is 0. The topological polar surface area (TPSA) is 47.9 Å². The molecule has 0 aromatic heterocycles. The lowest BCUT2D eigenvalue weighted by Crippen LogP contribution is -2.65. The summed E-state index contributed by atoms with van der Waals surface area (Å²) in [5.41, 5.74) is 36.5. The van der Waals surface area contributed by atoms with Crippen LogP contribution in [-0.4, -0.2) is 17.3 Å². The fourth-order valence-electron chi connectivity index (χ4n) is 1.17. The summed E-state index contributed by atoms with van der Waals surface area (Å²) in [7, 11) is 0. The Bertz CT molecular complexity index is 855. The summed E-state index contributed by atoms with van der Waals surface area (Å²) in [6.45, 7) is 5.35. The summed E-state index contributed by atoms with van der Waals surface area (Å²) in [4.78, 5) is 0. The Labute approximate surface area is 130 Å². The molecule has 0 aliphatic rings. The molecule has 4 N–H and O–H groups in total. The van der Waals surface area contributed by atoms with Crippen LogP contribution < -0.4 is 5.73 Å². The number of aliphatic hydroxyl groups excluding tert-OH is 1. The van der Waals surface area contributed by atoms with Crippen molar-refractivity contribution in [1.82, 2.24) is 0 Å². The molecule has 0 saturated carbocycles. The van der Waals surface area contributed by atoms with Crippen LogP contribution in [-0.2, 0) is 0 Å². The van der Waals surface area contributed by atoms with Crippen molar-refractivity contribution in [3.05, 3.63) is 87.2 Å². The smallest absolute Gasteiger partial charge is 0.132 e. The van der Waals surface area contributed by atoms with Gasteiger partial charge in [0.25, 0.3) is 0 Å². The molecule has 0 radical (unpaired) electrons. The van der Waals surface area contributed by atoms with Crippen LogP contribution in [0.1, 0.15) is 19.8 Å². The number of quaternary nitrogens is 1. The van der Waals surface area contributed by atoms with E-state index in [-0.39, 0.29) is 6.04 Å². The molecule has 0 heterocycles. The Morgan fingerprint density at radius 2 is 1.36 bits per heavy atom. The van der Waals surface area contributed by atoms with Crippen LogP contribution in [0.25, 0.3) is 0 Å². The fraction of sp³-hybridized carbons (Fsp3) is 0.250. The summed E-state index contributed by atoms with van der Waals surface area (Å²) in [6, 6.07) is -0.0440. The van der Waals surface area contributed by atoms with E-state index < -0.39 is 6.10 Å². The van der Waals surface area contributed by atoms with Crippen molar-refractivity contribution in [1.29, 1.82) is 0 Å². The molecule has 0 rings (SSSR count). The molecule has 0 fully saturated rings. The maximum Gasteiger partial charge on any atom is 0.132 e. The maximum atomic E-state index is 9.68. The first-order chi connectivity index (χ1) is 10.7. The molecule has 0 bridgehead atoms. The molecule has 2 nitrogen and oxygen atoms in total. The second-order valence-electron chi connectivity index (χ2n) is 3.90. The van der Waals surface area contributed by atoms with Gasteiger partial charge in [0.1, 0.15) is 12.1 Å². The fourth-order valence-corrected chi connectivity index (χ4v) is 1.17. The number of aliphatic hydroxyl groups is 1. The lowest BCUT2D eigenvalue weighted by atomic mass is 10.1. The number of hydrogen-bond acceptors (Lipinski definition) is 1. The van der Waals surface area contributed by atoms with Crippen molar-refractivity contribution in [3.8, 4) is 0 Å². The largest absolute Gasteiger partial charge is 0.382 e. The molecule has 0 aromatic carbocycles. The van der Waals surface area contributed by atoms with Gasteiger partial charge in [-0.15, -0.1) is 0 Å². The second kappa shape index (κ2) is 14.2. The van der Waals surface area contributed by atoms with E-state index in [0.29, 0.717) is 0 Å². The molecular weight excluding hydrogens is 270 g/mol. The highest BCUT2D eigenvalue weighted by atomic mass is 16.3. The third-order valence-corrected chi connectivity index (χ3v) is 2.18. The quantitative estimate of drug-likeness (QED) is 0.763. The van der Waals surface area contributed by atoms with E-state index in [1.54, 1.807) is 0 Å². The molecule has 2 atom stereocenters. The molecule has 0 amide bonds. The molecule has 0 aromatic rings. The number of hydrogen-bond donors (Lipinski definition) is 2. The molecule has 0 aliphatic carbocycles. The number of rotatable bonds is 4. The third kappa shape index (κ3) is 11.9. The van der Waals surface area contributed by atoms with Crippen molar-refractivity contribution in [2.24, 2.45) is 0 Å². The van der Waals surface area contributed by atoms with E-state index in [1.165, 1.54) is 6.08 Å². The van der Waals surface area contributed by atoms with Crippen LogP contribution in [0.5, 0.6) is 0 Å². The van der Waals surface area contributed by atoms with Gasteiger partial charge < -0.3 is 10.8 Å². The first kappa shape index (κ1) is 18.8. The highest BCUT2D eigenvalue weighted by molar-refractivity contribution is 4.94. The highest BCUT2D eigenvalue weighted by Gasteiger charge is 2.13. The Morgan fingerprint density at radius 1 is 0.909 bits per heavy atom. The van der Waals surface area contributed by atoms with Gasteiger partial charge in [-0.2, -0.15) is 0 Å². The van der Waals surface area contributed by atoms with Gasteiger partial charge in [0.2, 0.25) is 0 Å². The van der Waals surface area contributed by atoms with E-state index in [9.17, 15) is 5.11 Å². The van der Waals surface area contributed by atoms with Gasteiger partial charge in [-0.3, -0.25) is 0 Å². The lowest BCUT2D eigenvalue weighted by molar-refractivity contribution is -0.434. The predicted molar refractivity (Wildman–Crippen MR) is 83.5 cm³/mol. The standard InChI is InChI=1S/C20H15NO/c1-3-5-6-7-8-9-10-11-12-13-14-15-16-18-20(22)19(21)17-4-2/h18-20,22H,1,4,17,21H2,2H3/p+1/t19-,20-/m0/s1. The molecule has 0 unspecified atom stereocenters. The average molecular weight is 286 g/mol. The van der Waals surface area contributed by atoms with Crippen molar-refractivity contribution >= 4 is 0 Å². The van der Waals surface area contributed by atoms with Crippen molar-refractivity contribution in [2.75, 3.05) is 0 Å². The summed E-state index contributed by atoms with van der Waals surface area (Å²) in [5, 5.41) is 9.68. The summed E-state index contributed by atoms with van der Waals surface area (Å²) in [5.74, 6) is 0. The summed E-state index contributed by atoms with van der Waals surface area (Å²) in [6.07, 6.45) is 2.70. The van der Waals surface area contributed by atoms with Crippen LogP contribution in [0, 0.1) is 0 Å². The highest BCUT2D eigenvalue weighted by Crippen LogP contribution is 1.97. The van der Waals surface area contributed by atoms with E-state index in [4.69, 9.17) is 0 Å². The molecule has 22 heavy (non-hydrogen) atoms. The molecule has 2 heteroatoms. The minimum Gasteiger partial charge on any atom is -0.382 e.